The lowest BCUT2D eigenvalue weighted by Crippen LogP contribution is -2.18. The highest BCUT2D eigenvalue weighted by Gasteiger charge is 2.20. The molecule has 0 fully saturated rings. The van der Waals surface area contributed by atoms with E-state index in [2.05, 4.69) is 0 Å². The van der Waals surface area contributed by atoms with E-state index in [1.165, 1.54) is 0 Å². The molecule has 0 aromatic rings. The van der Waals surface area contributed by atoms with Crippen molar-refractivity contribution < 1.29 is 9.53 Å². The Balaban J connectivity index is 2.43. The van der Waals surface area contributed by atoms with Gasteiger partial charge in [0.25, 0.3) is 0 Å². The van der Waals surface area contributed by atoms with Crippen molar-refractivity contribution >= 4 is 5.97 Å². The summed E-state index contributed by atoms with van der Waals surface area (Å²) in [6.07, 6.45) is 3.28. The molecule has 0 spiro atoms. The van der Waals surface area contributed by atoms with E-state index in [0.717, 1.165) is 12.0 Å². The van der Waals surface area contributed by atoms with Gasteiger partial charge in [-0.1, -0.05) is 6.08 Å². The standard InChI is InChI=1S/C9H15NO2/c1-6(2)12-9(11)7-3-4-8(10)5-7/h3,6,8H,4-5,10H2,1-2H3/t8-/m0/s1. The predicted molar refractivity (Wildman–Crippen MR) is 46.5 cm³/mol. The summed E-state index contributed by atoms with van der Waals surface area (Å²) in [5.74, 6) is -0.210. The highest BCUT2D eigenvalue weighted by atomic mass is 16.5. The second-order valence-corrected chi connectivity index (χ2v) is 3.38. The Bertz CT molecular complexity index is 209. The molecule has 0 unspecified atom stereocenters. The number of hydrogen-bond donors (Lipinski definition) is 1. The first-order chi connectivity index (χ1) is 5.59. The number of esters is 1. The molecule has 0 amide bonds. The van der Waals surface area contributed by atoms with Crippen LogP contribution in [0.1, 0.15) is 26.7 Å². The van der Waals surface area contributed by atoms with E-state index in [1.807, 2.05) is 19.9 Å². The van der Waals surface area contributed by atoms with Crippen LogP contribution in [0.3, 0.4) is 0 Å². The molecule has 1 rings (SSSR count). The van der Waals surface area contributed by atoms with Gasteiger partial charge in [0.1, 0.15) is 0 Å². The highest BCUT2D eigenvalue weighted by Crippen LogP contribution is 2.18. The molecule has 0 saturated carbocycles. The zero-order valence-corrected chi connectivity index (χ0v) is 7.54. The summed E-state index contributed by atoms with van der Waals surface area (Å²) < 4.78 is 5.02. The van der Waals surface area contributed by atoms with Crippen molar-refractivity contribution in [2.45, 2.75) is 38.8 Å². The van der Waals surface area contributed by atoms with Gasteiger partial charge in [0.2, 0.25) is 0 Å². The second kappa shape index (κ2) is 3.72. The Morgan fingerprint density at radius 1 is 1.75 bits per heavy atom. The first kappa shape index (κ1) is 9.26. The van der Waals surface area contributed by atoms with Crippen LogP contribution in [0.15, 0.2) is 11.6 Å². The van der Waals surface area contributed by atoms with Crippen LogP contribution in [0.25, 0.3) is 0 Å². The van der Waals surface area contributed by atoms with Gasteiger partial charge in [-0.05, 0) is 26.7 Å². The minimum absolute atomic E-state index is 0.0461. The van der Waals surface area contributed by atoms with E-state index in [1.54, 1.807) is 0 Å². The first-order valence-corrected chi connectivity index (χ1v) is 4.25. The lowest BCUT2D eigenvalue weighted by molar-refractivity contribution is -0.142. The number of ether oxygens (including phenoxy) is 1. The van der Waals surface area contributed by atoms with E-state index in [-0.39, 0.29) is 18.1 Å². The van der Waals surface area contributed by atoms with E-state index in [9.17, 15) is 4.79 Å². The topological polar surface area (TPSA) is 52.3 Å². The van der Waals surface area contributed by atoms with Gasteiger partial charge in [-0.25, -0.2) is 4.79 Å². The van der Waals surface area contributed by atoms with Gasteiger partial charge in [0, 0.05) is 11.6 Å². The zero-order valence-electron chi connectivity index (χ0n) is 7.54. The lowest BCUT2D eigenvalue weighted by Gasteiger charge is -2.08. The van der Waals surface area contributed by atoms with Gasteiger partial charge >= 0.3 is 5.97 Å². The normalized spacial score (nSPS) is 22.7. The Morgan fingerprint density at radius 3 is 2.83 bits per heavy atom. The molecule has 3 nitrogen and oxygen atoms in total. The third-order valence-corrected chi connectivity index (χ3v) is 1.75. The molecule has 12 heavy (non-hydrogen) atoms. The maximum atomic E-state index is 11.3. The van der Waals surface area contributed by atoms with Gasteiger partial charge in [0.15, 0.2) is 0 Å². The van der Waals surface area contributed by atoms with Crippen LogP contribution < -0.4 is 5.73 Å². The largest absolute Gasteiger partial charge is 0.460 e. The molecular weight excluding hydrogens is 154 g/mol. The fourth-order valence-electron chi connectivity index (χ4n) is 1.20. The van der Waals surface area contributed by atoms with Crippen molar-refractivity contribution in [3.8, 4) is 0 Å². The van der Waals surface area contributed by atoms with Gasteiger partial charge in [0.05, 0.1) is 6.10 Å². The number of carbonyl (C=O) groups is 1. The molecule has 3 heteroatoms. The monoisotopic (exact) mass is 169 g/mol. The molecule has 0 aliphatic heterocycles. The molecule has 0 aromatic carbocycles. The minimum atomic E-state index is -0.210. The van der Waals surface area contributed by atoms with Crippen LogP contribution in [0, 0.1) is 0 Å². The van der Waals surface area contributed by atoms with E-state index < -0.39 is 0 Å². The van der Waals surface area contributed by atoms with E-state index in [0.29, 0.717) is 6.42 Å². The predicted octanol–water partition coefficient (Wildman–Crippen LogP) is 0.985. The molecule has 0 radical (unpaired) electrons. The van der Waals surface area contributed by atoms with Gasteiger partial charge in [-0.2, -0.15) is 0 Å². The van der Waals surface area contributed by atoms with E-state index in [4.69, 9.17) is 10.5 Å². The van der Waals surface area contributed by atoms with E-state index >= 15 is 0 Å². The first-order valence-electron chi connectivity index (χ1n) is 4.25. The third-order valence-electron chi connectivity index (χ3n) is 1.75. The summed E-state index contributed by atoms with van der Waals surface area (Å²) in [6, 6.07) is 0.111. The molecular formula is C9H15NO2. The highest BCUT2D eigenvalue weighted by molar-refractivity contribution is 5.89. The van der Waals surface area contributed by atoms with Crippen LogP contribution in [0.5, 0.6) is 0 Å². The van der Waals surface area contributed by atoms with Gasteiger partial charge in [-0.3, -0.25) is 0 Å². The molecule has 0 heterocycles. The SMILES string of the molecule is CC(C)OC(=O)C1=CC[C@H](N)C1. The maximum Gasteiger partial charge on any atom is 0.333 e. The van der Waals surface area contributed by atoms with Crippen LogP contribution in [-0.2, 0) is 9.53 Å². The number of carbonyl (C=O) groups excluding carboxylic acids is 1. The van der Waals surface area contributed by atoms with Crippen molar-refractivity contribution in [3.63, 3.8) is 0 Å². The van der Waals surface area contributed by atoms with Crippen molar-refractivity contribution in [1.29, 1.82) is 0 Å². The Hall–Kier alpha value is -0.830. The van der Waals surface area contributed by atoms with Crippen LogP contribution >= 0.6 is 0 Å². The van der Waals surface area contributed by atoms with Crippen molar-refractivity contribution in [2.75, 3.05) is 0 Å². The van der Waals surface area contributed by atoms with Crippen molar-refractivity contribution in [2.24, 2.45) is 5.73 Å². The quantitative estimate of drug-likeness (QED) is 0.627. The number of rotatable bonds is 2. The fraction of sp³-hybridized carbons (Fsp3) is 0.667. The fourth-order valence-corrected chi connectivity index (χ4v) is 1.20. The molecule has 1 atom stereocenters. The zero-order chi connectivity index (χ0) is 9.14. The minimum Gasteiger partial charge on any atom is -0.460 e. The number of hydrogen-bond acceptors (Lipinski definition) is 3. The Kier molecular flexibility index (Phi) is 2.87. The van der Waals surface area contributed by atoms with Crippen LogP contribution in [-0.4, -0.2) is 18.1 Å². The number of nitrogens with two attached hydrogens (primary N) is 1. The summed E-state index contributed by atoms with van der Waals surface area (Å²) >= 11 is 0. The van der Waals surface area contributed by atoms with Crippen molar-refractivity contribution in [3.05, 3.63) is 11.6 Å². The summed E-state index contributed by atoms with van der Waals surface area (Å²) in [5.41, 5.74) is 6.37. The average molecular weight is 169 g/mol. The molecule has 0 saturated heterocycles. The van der Waals surface area contributed by atoms with Crippen LogP contribution in [0.4, 0.5) is 0 Å². The smallest absolute Gasteiger partial charge is 0.333 e. The van der Waals surface area contributed by atoms with Crippen molar-refractivity contribution in [1.82, 2.24) is 0 Å². The summed E-state index contributed by atoms with van der Waals surface area (Å²) in [7, 11) is 0. The maximum absolute atomic E-state index is 11.3. The second-order valence-electron chi connectivity index (χ2n) is 3.38. The lowest BCUT2D eigenvalue weighted by atomic mass is 10.2. The van der Waals surface area contributed by atoms with Gasteiger partial charge < -0.3 is 10.5 Å². The Labute approximate surface area is 72.6 Å². The van der Waals surface area contributed by atoms with Gasteiger partial charge in [-0.15, -0.1) is 0 Å². The average Bonchev–Trinajstić information content (AvgIpc) is 2.34. The summed E-state index contributed by atoms with van der Waals surface area (Å²) in [6.45, 7) is 3.68. The molecule has 68 valence electrons. The summed E-state index contributed by atoms with van der Waals surface area (Å²) in [4.78, 5) is 11.3. The third kappa shape index (κ3) is 2.34. The molecule has 0 bridgehead atoms. The molecule has 1 aliphatic carbocycles. The summed E-state index contributed by atoms with van der Waals surface area (Å²) in [5, 5.41) is 0. The molecule has 1 aliphatic rings. The molecule has 0 aromatic heterocycles. The Morgan fingerprint density at radius 2 is 2.42 bits per heavy atom. The van der Waals surface area contributed by atoms with Crippen LogP contribution in [0.2, 0.25) is 0 Å². The molecule has 2 N–H and O–H groups in total.